The zero-order valence-corrected chi connectivity index (χ0v) is 7.94. The van der Waals surface area contributed by atoms with E-state index in [-0.39, 0.29) is 5.48 Å². The minimum absolute atomic E-state index is 0. The average Bonchev–Trinajstić information content (AvgIpc) is 1.96. The smallest absolute Gasteiger partial charge is 0.129 e. The third-order valence-corrected chi connectivity index (χ3v) is 1.73. The van der Waals surface area contributed by atoms with E-state index in [1.807, 2.05) is 0 Å². The molecule has 0 aliphatic rings. The molecule has 3 nitrogen and oxygen atoms in total. The molecule has 0 radical (unpaired) electrons. The second-order valence-electron chi connectivity index (χ2n) is 3.01. The molecule has 0 aliphatic carbocycles. The van der Waals surface area contributed by atoms with Crippen LogP contribution in [-0.4, -0.2) is 17.8 Å². The molecule has 0 unspecified atom stereocenters. The van der Waals surface area contributed by atoms with E-state index in [9.17, 15) is 4.79 Å². The van der Waals surface area contributed by atoms with Crippen molar-refractivity contribution in [3.05, 3.63) is 0 Å². The van der Waals surface area contributed by atoms with Crippen molar-refractivity contribution in [1.82, 2.24) is 0 Å². The van der Waals surface area contributed by atoms with E-state index in [2.05, 4.69) is 0 Å². The molecule has 0 aromatic heterocycles. The predicted octanol–water partition coefficient (Wildman–Crippen LogP) is 1.05. The van der Waals surface area contributed by atoms with Crippen LogP contribution in [0.4, 0.5) is 0 Å². The summed E-state index contributed by atoms with van der Waals surface area (Å²) in [5.41, 5.74) is 5.34. The average molecular weight is 175 g/mol. The lowest BCUT2D eigenvalue weighted by Gasteiger charge is -1.97. The van der Waals surface area contributed by atoms with Gasteiger partial charge in [0.25, 0.3) is 0 Å². The van der Waals surface area contributed by atoms with Gasteiger partial charge >= 0.3 is 0 Å². The molecule has 0 saturated heterocycles. The molecule has 0 heterocycles. The van der Waals surface area contributed by atoms with Crippen molar-refractivity contribution in [2.24, 2.45) is 5.73 Å². The summed E-state index contributed by atoms with van der Waals surface area (Å²) in [6.07, 6.45) is 6.56. The molecule has 0 aliphatic heterocycles. The van der Waals surface area contributed by atoms with Crippen LogP contribution >= 0.6 is 0 Å². The Kier molecular flexibility index (Phi) is 12.5. The quantitative estimate of drug-likeness (QED) is 0.587. The van der Waals surface area contributed by atoms with Gasteiger partial charge in [-0.25, -0.2) is 0 Å². The van der Waals surface area contributed by atoms with Crippen molar-refractivity contribution in [2.45, 2.75) is 45.4 Å². The molecule has 3 heteroatoms. The first kappa shape index (κ1) is 14.1. The zero-order chi connectivity index (χ0) is 8.53. The molecule has 4 N–H and O–H groups in total. The van der Waals surface area contributed by atoms with E-state index in [0.717, 1.165) is 25.8 Å². The fourth-order valence-electron chi connectivity index (χ4n) is 1.05. The van der Waals surface area contributed by atoms with E-state index >= 15 is 0 Å². The van der Waals surface area contributed by atoms with Crippen LogP contribution in [0.1, 0.15) is 45.4 Å². The molecule has 0 spiro atoms. The molecular weight excluding hydrogens is 154 g/mol. The fourth-order valence-corrected chi connectivity index (χ4v) is 1.05. The van der Waals surface area contributed by atoms with E-state index in [1.54, 1.807) is 6.92 Å². The third-order valence-electron chi connectivity index (χ3n) is 1.73. The summed E-state index contributed by atoms with van der Waals surface area (Å²) < 4.78 is 0. The summed E-state index contributed by atoms with van der Waals surface area (Å²) >= 11 is 0. The van der Waals surface area contributed by atoms with E-state index < -0.39 is 0 Å². The normalized spacial score (nSPS) is 9.17. The van der Waals surface area contributed by atoms with Gasteiger partial charge in [0.15, 0.2) is 0 Å². The largest absolute Gasteiger partial charge is 0.412 e. The predicted molar refractivity (Wildman–Crippen MR) is 51.1 cm³/mol. The SMILES string of the molecule is CC(=O)CCCCCCCN.O. The highest BCUT2D eigenvalue weighted by Gasteiger charge is 1.92. The molecule has 0 aromatic rings. The number of hydrogen-bond acceptors (Lipinski definition) is 2. The number of rotatable bonds is 7. The number of Topliss-reactive ketones (excluding diaryl/α,β-unsaturated/α-hetero) is 1. The minimum Gasteiger partial charge on any atom is -0.412 e. The first-order valence-corrected chi connectivity index (χ1v) is 4.47. The maximum Gasteiger partial charge on any atom is 0.129 e. The van der Waals surface area contributed by atoms with Crippen molar-refractivity contribution >= 4 is 5.78 Å². The van der Waals surface area contributed by atoms with Gasteiger partial charge in [0.2, 0.25) is 0 Å². The number of hydrogen-bond donors (Lipinski definition) is 1. The molecule has 0 fully saturated rings. The highest BCUT2D eigenvalue weighted by atomic mass is 16.1. The summed E-state index contributed by atoms with van der Waals surface area (Å²) in [5, 5.41) is 0. The van der Waals surface area contributed by atoms with Gasteiger partial charge in [-0.15, -0.1) is 0 Å². The summed E-state index contributed by atoms with van der Waals surface area (Å²) in [5.74, 6) is 0.309. The van der Waals surface area contributed by atoms with Crippen LogP contribution in [-0.2, 0) is 4.79 Å². The highest BCUT2D eigenvalue weighted by molar-refractivity contribution is 5.75. The number of carbonyl (C=O) groups is 1. The standard InChI is InChI=1S/C9H19NO.H2O/c1-9(11)7-5-3-2-4-6-8-10;/h2-8,10H2,1H3;1H2. The van der Waals surface area contributed by atoms with Crippen molar-refractivity contribution in [2.75, 3.05) is 6.54 Å². The van der Waals surface area contributed by atoms with Gasteiger partial charge in [-0.2, -0.15) is 0 Å². The number of carbonyl (C=O) groups excluding carboxylic acids is 1. The Morgan fingerprint density at radius 2 is 1.58 bits per heavy atom. The van der Waals surface area contributed by atoms with Crippen molar-refractivity contribution < 1.29 is 10.3 Å². The zero-order valence-electron chi connectivity index (χ0n) is 7.94. The summed E-state index contributed by atoms with van der Waals surface area (Å²) in [4.78, 5) is 10.5. The van der Waals surface area contributed by atoms with Gasteiger partial charge in [-0.1, -0.05) is 19.3 Å². The van der Waals surface area contributed by atoms with Crippen LogP contribution in [0.3, 0.4) is 0 Å². The Bertz CT molecular complexity index is 105. The van der Waals surface area contributed by atoms with Gasteiger partial charge < -0.3 is 16.0 Å². The van der Waals surface area contributed by atoms with Gasteiger partial charge in [-0.05, 0) is 26.3 Å². The van der Waals surface area contributed by atoms with E-state index in [1.165, 1.54) is 19.3 Å². The van der Waals surface area contributed by atoms with E-state index in [0.29, 0.717) is 5.78 Å². The minimum atomic E-state index is 0. The van der Waals surface area contributed by atoms with Gasteiger partial charge in [0.05, 0.1) is 0 Å². The molecule has 0 amide bonds. The number of nitrogens with two attached hydrogens (primary N) is 1. The third kappa shape index (κ3) is 12.3. The Morgan fingerprint density at radius 3 is 2.08 bits per heavy atom. The molecular formula is C9H21NO2. The van der Waals surface area contributed by atoms with Crippen LogP contribution < -0.4 is 5.73 Å². The lowest BCUT2D eigenvalue weighted by molar-refractivity contribution is -0.117. The van der Waals surface area contributed by atoms with Gasteiger partial charge in [0.1, 0.15) is 5.78 Å². The lowest BCUT2D eigenvalue weighted by Crippen LogP contribution is -1.97. The van der Waals surface area contributed by atoms with E-state index in [4.69, 9.17) is 5.73 Å². The van der Waals surface area contributed by atoms with Crippen LogP contribution in [0.2, 0.25) is 0 Å². The molecule has 0 aromatic carbocycles. The monoisotopic (exact) mass is 175 g/mol. The van der Waals surface area contributed by atoms with Gasteiger partial charge in [0, 0.05) is 6.42 Å². The van der Waals surface area contributed by atoms with Crippen molar-refractivity contribution in [1.29, 1.82) is 0 Å². The summed E-state index contributed by atoms with van der Waals surface area (Å²) in [7, 11) is 0. The molecule has 0 atom stereocenters. The Hall–Kier alpha value is -0.410. The highest BCUT2D eigenvalue weighted by Crippen LogP contribution is 2.04. The van der Waals surface area contributed by atoms with Crippen molar-refractivity contribution in [3.63, 3.8) is 0 Å². The van der Waals surface area contributed by atoms with Crippen molar-refractivity contribution in [3.8, 4) is 0 Å². The second kappa shape index (κ2) is 10.6. The molecule has 0 bridgehead atoms. The molecule has 0 rings (SSSR count). The molecule has 74 valence electrons. The second-order valence-corrected chi connectivity index (χ2v) is 3.01. The Labute approximate surface area is 74.6 Å². The number of unbranched alkanes of at least 4 members (excludes halogenated alkanes) is 4. The first-order chi connectivity index (χ1) is 5.27. The Balaban J connectivity index is 0. The Morgan fingerprint density at radius 1 is 1.08 bits per heavy atom. The van der Waals surface area contributed by atoms with Gasteiger partial charge in [-0.3, -0.25) is 0 Å². The lowest BCUT2D eigenvalue weighted by atomic mass is 10.1. The maximum absolute atomic E-state index is 10.5. The summed E-state index contributed by atoms with van der Waals surface area (Å²) in [6.45, 7) is 2.45. The fraction of sp³-hybridized carbons (Fsp3) is 0.889. The maximum atomic E-state index is 10.5. The number of ketones is 1. The molecule has 0 saturated carbocycles. The topological polar surface area (TPSA) is 74.6 Å². The molecule has 12 heavy (non-hydrogen) atoms. The van der Waals surface area contributed by atoms with Crippen LogP contribution in [0.25, 0.3) is 0 Å². The summed E-state index contributed by atoms with van der Waals surface area (Å²) in [6, 6.07) is 0. The van der Waals surface area contributed by atoms with Crippen LogP contribution in [0.5, 0.6) is 0 Å². The first-order valence-electron chi connectivity index (χ1n) is 4.47. The van der Waals surface area contributed by atoms with Crippen LogP contribution in [0.15, 0.2) is 0 Å². The van der Waals surface area contributed by atoms with Crippen LogP contribution in [0, 0.1) is 0 Å².